The van der Waals surface area contributed by atoms with E-state index in [4.69, 9.17) is 4.74 Å². The molecule has 0 unspecified atom stereocenters. The van der Waals surface area contributed by atoms with E-state index >= 15 is 0 Å². The lowest BCUT2D eigenvalue weighted by molar-refractivity contribution is 0.200. The van der Waals surface area contributed by atoms with E-state index in [9.17, 15) is 9.18 Å². The zero-order chi connectivity index (χ0) is 19.6. The van der Waals surface area contributed by atoms with Crippen molar-refractivity contribution < 1.29 is 13.9 Å². The van der Waals surface area contributed by atoms with Gasteiger partial charge in [0.2, 0.25) is 0 Å². The molecule has 1 atom stereocenters. The van der Waals surface area contributed by atoms with Gasteiger partial charge in [0.05, 0.1) is 18.5 Å². The van der Waals surface area contributed by atoms with Gasteiger partial charge in [-0.2, -0.15) is 0 Å². The molecule has 0 fully saturated rings. The van der Waals surface area contributed by atoms with Crippen LogP contribution in [0, 0.1) is 12.7 Å². The van der Waals surface area contributed by atoms with Crippen LogP contribution in [0.25, 0.3) is 0 Å². The predicted molar refractivity (Wildman–Crippen MR) is 103 cm³/mol. The van der Waals surface area contributed by atoms with Gasteiger partial charge in [-0.05, 0) is 48.4 Å². The fourth-order valence-electron chi connectivity index (χ4n) is 3.39. The summed E-state index contributed by atoms with van der Waals surface area (Å²) >= 11 is 0. The zero-order valence-corrected chi connectivity index (χ0v) is 15.3. The summed E-state index contributed by atoms with van der Waals surface area (Å²) in [6.45, 7) is 2.06. The van der Waals surface area contributed by atoms with Crippen LogP contribution >= 0.6 is 0 Å². The smallest absolute Gasteiger partial charge is 0.320 e. The van der Waals surface area contributed by atoms with Crippen molar-refractivity contribution in [3.63, 3.8) is 0 Å². The van der Waals surface area contributed by atoms with Gasteiger partial charge in [0.15, 0.2) is 0 Å². The van der Waals surface area contributed by atoms with Gasteiger partial charge >= 0.3 is 6.03 Å². The molecule has 0 saturated heterocycles. The summed E-state index contributed by atoms with van der Waals surface area (Å²) < 4.78 is 20.1. The highest BCUT2D eigenvalue weighted by molar-refractivity contribution is 5.90. The number of aromatic nitrogens is 2. The van der Waals surface area contributed by atoms with Gasteiger partial charge in [0.25, 0.3) is 0 Å². The van der Waals surface area contributed by atoms with Crippen molar-refractivity contribution in [3.8, 4) is 5.75 Å². The van der Waals surface area contributed by atoms with Crippen molar-refractivity contribution in [2.75, 3.05) is 11.9 Å². The van der Waals surface area contributed by atoms with Crippen molar-refractivity contribution in [3.05, 3.63) is 83.7 Å². The van der Waals surface area contributed by atoms with Crippen LogP contribution in [-0.2, 0) is 5.54 Å². The van der Waals surface area contributed by atoms with Gasteiger partial charge in [-0.15, -0.1) is 0 Å². The van der Waals surface area contributed by atoms with Crippen LogP contribution in [0.2, 0.25) is 0 Å². The van der Waals surface area contributed by atoms with Crippen LogP contribution in [0.4, 0.5) is 14.9 Å². The Morgan fingerprint density at radius 3 is 2.86 bits per heavy atom. The minimum absolute atomic E-state index is 0.338. The highest BCUT2D eigenvalue weighted by atomic mass is 19.1. The van der Waals surface area contributed by atoms with E-state index < -0.39 is 11.6 Å². The number of benzene rings is 1. The number of fused-ring (bicyclic) bond motifs is 1. The van der Waals surface area contributed by atoms with Crippen LogP contribution in [0.3, 0.4) is 0 Å². The van der Waals surface area contributed by atoms with E-state index in [1.165, 1.54) is 6.07 Å². The molecule has 6 nitrogen and oxygen atoms in total. The van der Waals surface area contributed by atoms with Crippen LogP contribution in [0.1, 0.15) is 23.2 Å². The van der Waals surface area contributed by atoms with E-state index in [-0.39, 0.29) is 5.82 Å². The van der Waals surface area contributed by atoms with Crippen molar-refractivity contribution >= 4 is 11.7 Å². The monoisotopic (exact) mass is 378 g/mol. The molecule has 0 saturated carbocycles. The molecule has 0 aliphatic carbocycles. The second-order valence-electron chi connectivity index (χ2n) is 6.64. The molecule has 3 aromatic rings. The quantitative estimate of drug-likeness (QED) is 0.727. The third-order valence-electron chi connectivity index (χ3n) is 4.82. The number of anilines is 1. The number of urea groups is 1. The minimum atomic E-state index is -1.02. The zero-order valence-electron chi connectivity index (χ0n) is 15.3. The number of hydrogen-bond donors (Lipinski definition) is 2. The van der Waals surface area contributed by atoms with Gasteiger partial charge < -0.3 is 15.4 Å². The summed E-state index contributed by atoms with van der Waals surface area (Å²) in [6, 6.07) is 11.5. The second-order valence-corrected chi connectivity index (χ2v) is 6.64. The van der Waals surface area contributed by atoms with E-state index in [1.807, 2.05) is 6.07 Å². The number of hydrogen-bond acceptors (Lipinski definition) is 4. The Bertz CT molecular complexity index is 1010. The summed E-state index contributed by atoms with van der Waals surface area (Å²) in [5.74, 6) is 0.228. The summed E-state index contributed by atoms with van der Waals surface area (Å²) in [5.41, 5.74) is 1.23. The Labute approximate surface area is 161 Å². The number of carbonyl (C=O) groups is 1. The number of halogens is 1. The summed E-state index contributed by atoms with van der Waals surface area (Å²) in [4.78, 5) is 21.3. The number of nitrogens with one attached hydrogen (secondary N) is 2. The summed E-state index contributed by atoms with van der Waals surface area (Å²) in [7, 11) is 0. The van der Waals surface area contributed by atoms with Crippen LogP contribution in [-0.4, -0.2) is 22.6 Å². The highest BCUT2D eigenvalue weighted by Gasteiger charge is 2.42. The molecular formula is C21H19FN4O2. The molecule has 0 radical (unpaired) electrons. The molecule has 0 spiro atoms. The average Bonchev–Trinajstić information content (AvgIpc) is 2.71. The molecule has 2 N–H and O–H groups in total. The molecule has 2 aromatic heterocycles. The fraction of sp³-hybridized carbons (Fsp3) is 0.190. The third-order valence-corrected chi connectivity index (χ3v) is 4.82. The second kappa shape index (κ2) is 7.26. The van der Waals surface area contributed by atoms with E-state index in [0.29, 0.717) is 41.3 Å². The van der Waals surface area contributed by atoms with E-state index in [1.54, 1.807) is 55.8 Å². The average molecular weight is 378 g/mol. The van der Waals surface area contributed by atoms with Gasteiger partial charge in [-0.3, -0.25) is 9.97 Å². The minimum Gasteiger partial charge on any atom is -0.491 e. The summed E-state index contributed by atoms with van der Waals surface area (Å²) in [6.07, 6.45) is 5.22. The molecule has 3 heterocycles. The van der Waals surface area contributed by atoms with Crippen LogP contribution < -0.4 is 15.4 Å². The first kappa shape index (κ1) is 17.9. The molecule has 4 rings (SSSR count). The number of pyridine rings is 2. The highest BCUT2D eigenvalue weighted by Crippen LogP contribution is 2.40. The standard InChI is InChI=1S/C21H19FN4O2/c1-14-6-7-15(12-17(14)22)21(8-11-28-18-5-3-10-24-19(18)21)26-20(27)25-16-4-2-9-23-13-16/h2-7,9-10,12-13H,8,11H2,1H3,(H2,25,26,27)/t21-/m0/s1. The molecule has 1 aliphatic heterocycles. The van der Waals surface area contributed by atoms with Crippen LogP contribution in [0.5, 0.6) is 5.75 Å². The Hall–Kier alpha value is -3.48. The van der Waals surface area contributed by atoms with Crippen molar-refractivity contribution in [1.29, 1.82) is 0 Å². The molecule has 0 bridgehead atoms. The number of carbonyl (C=O) groups excluding carboxylic acids is 1. The third kappa shape index (κ3) is 3.26. The lowest BCUT2D eigenvalue weighted by atomic mass is 9.81. The molecule has 1 aromatic carbocycles. The molecule has 2 amide bonds. The number of amides is 2. The molecular weight excluding hydrogens is 359 g/mol. The van der Waals surface area contributed by atoms with Gasteiger partial charge in [-0.1, -0.05) is 12.1 Å². The first-order valence-corrected chi connectivity index (χ1v) is 8.93. The number of nitrogens with zero attached hydrogens (tertiary/aromatic N) is 2. The SMILES string of the molecule is Cc1ccc([C@@]2(NC(=O)Nc3cccnc3)CCOc3cccnc32)cc1F. The van der Waals surface area contributed by atoms with Crippen molar-refractivity contribution in [1.82, 2.24) is 15.3 Å². The fourth-order valence-corrected chi connectivity index (χ4v) is 3.39. The Balaban J connectivity index is 1.77. The summed E-state index contributed by atoms with van der Waals surface area (Å²) in [5, 5.41) is 5.78. The predicted octanol–water partition coefficient (Wildman–Crippen LogP) is 3.77. The largest absolute Gasteiger partial charge is 0.491 e. The first-order chi connectivity index (χ1) is 13.6. The maximum atomic E-state index is 14.4. The number of aryl methyl sites for hydroxylation is 1. The Morgan fingerprint density at radius 1 is 1.21 bits per heavy atom. The Kier molecular flexibility index (Phi) is 4.65. The van der Waals surface area contributed by atoms with Crippen molar-refractivity contribution in [2.24, 2.45) is 0 Å². The topological polar surface area (TPSA) is 76.1 Å². The molecule has 7 heteroatoms. The Morgan fingerprint density at radius 2 is 2.07 bits per heavy atom. The lowest BCUT2D eigenvalue weighted by Gasteiger charge is -2.39. The normalized spacial score (nSPS) is 17.9. The maximum absolute atomic E-state index is 14.4. The van der Waals surface area contributed by atoms with Crippen molar-refractivity contribution in [2.45, 2.75) is 18.9 Å². The first-order valence-electron chi connectivity index (χ1n) is 8.93. The van der Waals surface area contributed by atoms with E-state index in [2.05, 4.69) is 20.6 Å². The maximum Gasteiger partial charge on any atom is 0.320 e. The lowest BCUT2D eigenvalue weighted by Crippen LogP contribution is -2.51. The van der Waals surface area contributed by atoms with E-state index in [0.717, 1.165) is 0 Å². The van der Waals surface area contributed by atoms with Crippen LogP contribution in [0.15, 0.2) is 61.1 Å². The van der Waals surface area contributed by atoms with Gasteiger partial charge in [0.1, 0.15) is 22.8 Å². The molecule has 1 aliphatic rings. The number of rotatable bonds is 3. The number of ether oxygens (including phenoxy) is 1. The van der Waals surface area contributed by atoms with Gasteiger partial charge in [-0.25, -0.2) is 9.18 Å². The van der Waals surface area contributed by atoms with Gasteiger partial charge in [0, 0.05) is 18.8 Å². The molecule has 142 valence electrons. The molecule has 28 heavy (non-hydrogen) atoms.